The molecule has 35 heavy (non-hydrogen) atoms. The molecular weight excluding hydrogens is 604 g/mol. The van der Waals surface area contributed by atoms with E-state index >= 15 is 0 Å². The van der Waals surface area contributed by atoms with Crippen LogP contribution in [0.1, 0.15) is 33.3 Å². The van der Waals surface area contributed by atoms with Crippen molar-refractivity contribution in [2.75, 3.05) is 24.5 Å². The maximum Gasteiger partial charge on any atom is 0.410 e. The predicted molar refractivity (Wildman–Crippen MR) is 126 cm³/mol. The van der Waals surface area contributed by atoms with Gasteiger partial charge >= 0.3 is 11.8 Å². The zero-order valence-electron chi connectivity index (χ0n) is 20.2. The summed E-state index contributed by atoms with van der Waals surface area (Å²) in [5.41, 5.74) is -0.00438. The van der Waals surface area contributed by atoms with Gasteiger partial charge in [-0.15, -0.1) is 5.56 Å². The van der Waals surface area contributed by atoms with Crippen LogP contribution in [0.25, 0.3) is 16.7 Å². The molecule has 0 aromatic carbocycles. The van der Waals surface area contributed by atoms with Crippen LogP contribution in [0.2, 0.25) is 5.15 Å². The second-order valence-electron chi connectivity index (χ2n) is 9.24. The van der Waals surface area contributed by atoms with Gasteiger partial charge in [-0.3, -0.25) is 4.57 Å². The van der Waals surface area contributed by atoms with Gasteiger partial charge in [-0.25, -0.2) is 19.0 Å². The average Bonchev–Trinajstić information content (AvgIpc) is 2.74. The fraction of sp³-hybridized carbons (Fsp3) is 0.435. The SMILES string of the molecule is Cc1ccn[c-]c1-n1c(=O)nc(N2CCN(C(=O)OC(C)(C)C)CC2C)c2cc(F)c(Cl)nc21.[Pr]. The van der Waals surface area contributed by atoms with Crippen LogP contribution in [-0.2, 0) is 4.74 Å². The van der Waals surface area contributed by atoms with E-state index in [2.05, 4.69) is 21.1 Å². The number of amides is 1. The summed E-state index contributed by atoms with van der Waals surface area (Å²) in [6.07, 6.45) is 3.94. The molecule has 1 aliphatic heterocycles. The molecule has 183 valence electrons. The van der Waals surface area contributed by atoms with Gasteiger partial charge in [-0.1, -0.05) is 30.9 Å². The number of carbonyl (C=O) groups excluding carboxylic acids is 1. The minimum atomic E-state index is -0.727. The first-order chi connectivity index (χ1) is 16.0. The summed E-state index contributed by atoms with van der Waals surface area (Å²) in [4.78, 5) is 41.6. The first-order valence-corrected chi connectivity index (χ1v) is 11.2. The van der Waals surface area contributed by atoms with Crippen LogP contribution >= 0.6 is 11.6 Å². The number of nitrogens with zero attached hydrogens (tertiary/aromatic N) is 6. The van der Waals surface area contributed by atoms with Crippen LogP contribution in [0.5, 0.6) is 0 Å². The van der Waals surface area contributed by atoms with E-state index in [-0.39, 0.29) is 64.0 Å². The molecule has 0 N–H and O–H groups in total. The molecule has 9 nitrogen and oxygen atoms in total. The first-order valence-electron chi connectivity index (χ1n) is 10.8. The minimum absolute atomic E-state index is 0. The molecule has 12 heteroatoms. The van der Waals surface area contributed by atoms with E-state index in [1.54, 1.807) is 24.1 Å². The molecule has 0 aliphatic carbocycles. The monoisotopic (exact) mass is 628 g/mol. The quantitative estimate of drug-likeness (QED) is 0.317. The molecule has 4 heterocycles. The van der Waals surface area contributed by atoms with Crippen molar-refractivity contribution in [2.45, 2.75) is 46.3 Å². The molecule has 0 bridgehead atoms. The smallest absolute Gasteiger partial charge is 0.410 e. The molecule has 0 saturated carbocycles. The van der Waals surface area contributed by atoms with Crippen LogP contribution in [-0.4, -0.2) is 61.8 Å². The van der Waals surface area contributed by atoms with Crippen molar-refractivity contribution in [3.63, 3.8) is 0 Å². The van der Waals surface area contributed by atoms with Crippen molar-refractivity contribution in [1.29, 1.82) is 0 Å². The largest absolute Gasteiger partial charge is 0.444 e. The van der Waals surface area contributed by atoms with Gasteiger partial charge in [0.05, 0.1) is 5.39 Å². The van der Waals surface area contributed by atoms with E-state index in [9.17, 15) is 14.0 Å². The third kappa shape index (κ3) is 5.75. The van der Waals surface area contributed by atoms with E-state index in [1.807, 2.05) is 32.6 Å². The number of hydrogen-bond acceptors (Lipinski definition) is 7. The minimum Gasteiger partial charge on any atom is -0.444 e. The number of hydrogen-bond donors (Lipinski definition) is 0. The van der Waals surface area contributed by atoms with Crippen molar-refractivity contribution >= 4 is 34.5 Å². The Hall–Kier alpha value is -1.91. The second kappa shape index (κ2) is 10.6. The number of anilines is 1. The second-order valence-corrected chi connectivity index (χ2v) is 9.60. The zero-order valence-corrected chi connectivity index (χ0v) is 24.6. The normalized spacial score (nSPS) is 16.3. The van der Waals surface area contributed by atoms with Gasteiger partial charge < -0.3 is 19.5 Å². The molecule has 1 atom stereocenters. The van der Waals surface area contributed by atoms with Crippen LogP contribution in [0.15, 0.2) is 23.1 Å². The number of aromatic nitrogens is 4. The molecule has 1 fully saturated rings. The zero-order chi connectivity index (χ0) is 24.8. The standard InChI is InChI=1S/C23H25ClFN6O3.Pr/c1-13-6-7-26-11-17(13)31-20-15(10-16(25)18(24)27-20)19(28-21(31)32)30-9-8-29(12-14(30)2)22(33)34-23(3,4)5;/h6-7,10,14H,8-9,12H2,1-5H3;/q-1;. The van der Waals surface area contributed by atoms with Crippen LogP contribution in [0.4, 0.5) is 15.0 Å². The Balaban J connectivity index is 0.00000342. The molecule has 1 saturated heterocycles. The van der Waals surface area contributed by atoms with Crippen LogP contribution < -0.4 is 10.6 Å². The average molecular weight is 629 g/mol. The van der Waals surface area contributed by atoms with Gasteiger partial charge in [0.1, 0.15) is 11.4 Å². The Labute approximate surface area is 240 Å². The first kappa shape index (κ1) is 27.7. The third-order valence-corrected chi connectivity index (χ3v) is 5.74. The number of rotatable bonds is 2. The Bertz CT molecular complexity index is 1330. The van der Waals surface area contributed by atoms with Gasteiger partial charge in [0, 0.05) is 67.0 Å². The molecular formula is C23H25ClFN6O3Pr-. The molecule has 1 aliphatic rings. The van der Waals surface area contributed by atoms with E-state index in [0.29, 0.717) is 30.7 Å². The molecule has 1 unspecified atom stereocenters. The summed E-state index contributed by atoms with van der Waals surface area (Å²) in [5.74, 6) is -0.452. The maximum absolute atomic E-state index is 14.5. The predicted octanol–water partition coefficient (Wildman–Crippen LogP) is 3.52. The summed E-state index contributed by atoms with van der Waals surface area (Å²) in [6, 6.07) is 2.72. The van der Waals surface area contributed by atoms with Crippen molar-refractivity contribution < 1.29 is 55.2 Å². The van der Waals surface area contributed by atoms with Gasteiger partial charge in [0.2, 0.25) is 0 Å². The van der Waals surface area contributed by atoms with Gasteiger partial charge in [-0.2, -0.15) is 11.1 Å². The molecule has 1 amide bonds. The fourth-order valence-electron chi connectivity index (χ4n) is 3.91. The third-order valence-electron chi connectivity index (χ3n) is 5.48. The number of fused-ring (bicyclic) bond motifs is 1. The molecule has 4 rings (SSSR count). The van der Waals surface area contributed by atoms with Gasteiger partial charge in [-0.05, 0) is 39.4 Å². The number of piperazine rings is 1. The molecule has 0 spiro atoms. The number of ether oxygens (including phenoxy) is 1. The topological polar surface area (TPSA) is 93.5 Å². The summed E-state index contributed by atoms with van der Waals surface area (Å²) in [5, 5.41) is -0.0437. The molecule has 3 aromatic heterocycles. The van der Waals surface area contributed by atoms with Crippen LogP contribution in [0.3, 0.4) is 0 Å². The summed E-state index contributed by atoms with van der Waals surface area (Å²) in [6.45, 7) is 10.2. The van der Waals surface area contributed by atoms with E-state index in [1.165, 1.54) is 10.6 Å². The van der Waals surface area contributed by atoms with Crippen molar-refractivity contribution in [1.82, 2.24) is 24.4 Å². The van der Waals surface area contributed by atoms with Crippen molar-refractivity contribution in [3.05, 3.63) is 51.5 Å². The molecule has 3 aromatic rings. The maximum atomic E-state index is 14.5. The number of carbonyl (C=O) groups is 1. The summed E-state index contributed by atoms with van der Waals surface area (Å²) in [7, 11) is 0. The molecule has 1 radical (unpaired) electrons. The number of pyridine rings is 2. The van der Waals surface area contributed by atoms with Gasteiger partial charge in [0.15, 0.2) is 16.6 Å². The van der Waals surface area contributed by atoms with Gasteiger partial charge in [0.25, 0.3) is 0 Å². The summed E-state index contributed by atoms with van der Waals surface area (Å²) >= 11 is 5.99. The van der Waals surface area contributed by atoms with Crippen molar-refractivity contribution in [2.24, 2.45) is 0 Å². The van der Waals surface area contributed by atoms with E-state index in [4.69, 9.17) is 16.3 Å². The van der Waals surface area contributed by atoms with Crippen LogP contribution in [0, 0.1) is 60.2 Å². The van der Waals surface area contributed by atoms with E-state index < -0.39 is 23.2 Å². The number of halogens is 2. The Kier molecular flexibility index (Phi) is 8.39. The Morgan fingerprint density at radius 2 is 2.00 bits per heavy atom. The Morgan fingerprint density at radius 3 is 2.63 bits per heavy atom. The Morgan fingerprint density at radius 1 is 1.29 bits per heavy atom. The van der Waals surface area contributed by atoms with Crippen molar-refractivity contribution in [3.8, 4) is 5.69 Å². The van der Waals surface area contributed by atoms with E-state index in [0.717, 1.165) is 5.56 Å². The summed E-state index contributed by atoms with van der Waals surface area (Å²) < 4.78 is 21.2. The number of aryl methyl sites for hydroxylation is 1. The fourth-order valence-corrected chi connectivity index (χ4v) is 4.04.